The molecule has 2 heterocycles. The molecule has 0 aliphatic carbocycles. The van der Waals surface area contributed by atoms with Crippen LogP contribution in [0.3, 0.4) is 0 Å². The molecule has 1 aromatic heterocycles. The molecule has 3 aromatic rings. The first-order valence-corrected chi connectivity index (χ1v) is 9.09. The van der Waals surface area contributed by atoms with Gasteiger partial charge in [0.15, 0.2) is 5.78 Å². The number of nitrogens with one attached hydrogen (secondary N) is 1. The van der Waals surface area contributed by atoms with Gasteiger partial charge in [0, 0.05) is 17.5 Å². The van der Waals surface area contributed by atoms with Crippen LogP contribution in [-0.2, 0) is 0 Å². The molecule has 0 amide bonds. The third-order valence-electron chi connectivity index (χ3n) is 5.27. The molecule has 1 N–H and O–H groups in total. The van der Waals surface area contributed by atoms with Gasteiger partial charge < -0.3 is 9.73 Å². The van der Waals surface area contributed by atoms with Gasteiger partial charge in [-0.2, -0.15) is 0 Å². The monoisotopic (exact) mass is 351 g/mol. The van der Waals surface area contributed by atoms with Crippen LogP contribution in [0.5, 0.6) is 0 Å². The van der Waals surface area contributed by atoms with Crippen molar-refractivity contribution in [3.63, 3.8) is 0 Å². The Kier molecular flexibility index (Phi) is 4.37. The van der Waals surface area contributed by atoms with E-state index in [1.54, 1.807) is 19.1 Å². The molecule has 1 saturated heterocycles. The van der Waals surface area contributed by atoms with Crippen molar-refractivity contribution in [2.75, 3.05) is 13.1 Å². The molecule has 0 unspecified atom stereocenters. The van der Waals surface area contributed by atoms with Gasteiger partial charge >= 0.3 is 0 Å². The molecule has 3 nitrogen and oxygen atoms in total. The largest absolute Gasteiger partial charge is 0.455 e. The molecule has 0 bridgehead atoms. The molecule has 0 saturated carbocycles. The van der Waals surface area contributed by atoms with Gasteiger partial charge in [0.1, 0.15) is 17.2 Å². The number of hydrogen-bond donors (Lipinski definition) is 1. The number of carbonyl (C=O) groups excluding carboxylic acids is 1. The van der Waals surface area contributed by atoms with Gasteiger partial charge in [0.05, 0.1) is 5.56 Å². The Bertz CT molecular complexity index is 966. The highest BCUT2D eigenvalue weighted by molar-refractivity contribution is 6.11. The molecule has 134 valence electrons. The zero-order valence-corrected chi connectivity index (χ0v) is 15.1. The van der Waals surface area contributed by atoms with Crippen molar-refractivity contribution in [3.8, 4) is 11.3 Å². The van der Waals surface area contributed by atoms with E-state index in [9.17, 15) is 9.18 Å². The summed E-state index contributed by atoms with van der Waals surface area (Å²) in [5.74, 6) is 0.625. The summed E-state index contributed by atoms with van der Waals surface area (Å²) in [5, 5.41) is 4.31. The van der Waals surface area contributed by atoms with Crippen LogP contribution < -0.4 is 5.32 Å². The molecular formula is C22H22FNO2. The molecule has 4 heteroatoms. The minimum atomic E-state index is -0.308. The van der Waals surface area contributed by atoms with E-state index in [0.717, 1.165) is 31.3 Å². The lowest BCUT2D eigenvalue weighted by Crippen LogP contribution is -2.28. The number of fused-ring (bicyclic) bond motifs is 1. The van der Waals surface area contributed by atoms with Gasteiger partial charge in [-0.15, -0.1) is 0 Å². The molecule has 1 aliphatic rings. The fourth-order valence-corrected chi connectivity index (χ4v) is 3.97. The number of ketones is 1. The standard InChI is InChI=1S/C22H22FNO2/c1-13-10-20-19(11-18(13)16-4-3-9-24-12-16)21(14(2)25)22(26-20)15-5-7-17(23)8-6-15/h5-8,10-11,16,24H,3-4,9,12H2,1-2H3/t16-/m1/s1. The summed E-state index contributed by atoms with van der Waals surface area (Å²) < 4.78 is 19.3. The molecule has 0 radical (unpaired) electrons. The summed E-state index contributed by atoms with van der Waals surface area (Å²) >= 11 is 0. The summed E-state index contributed by atoms with van der Waals surface area (Å²) in [4.78, 5) is 12.4. The van der Waals surface area contributed by atoms with E-state index < -0.39 is 0 Å². The van der Waals surface area contributed by atoms with Crippen LogP contribution in [0, 0.1) is 12.7 Å². The third-order valence-corrected chi connectivity index (χ3v) is 5.27. The normalized spacial score (nSPS) is 17.6. The quantitative estimate of drug-likeness (QED) is 0.658. The van der Waals surface area contributed by atoms with E-state index >= 15 is 0 Å². The van der Waals surface area contributed by atoms with Crippen LogP contribution in [0.15, 0.2) is 40.8 Å². The van der Waals surface area contributed by atoms with Crippen LogP contribution in [-0.4, -0.2) is 18.9 Å². The lowest BCUT2D eigenvalue weighted by atomic mass is 9.87. The Morgan fingerprint density at radius 1 is 1.23 bits per heavy atom. The van der Waals surface area contributed by atoms with Crippen molar-refractivity contribution >= 4 is 16.8 Å². The number of carbonyl (C=O) groups is 1. The summed E-state index contributed by atoms with van der Waals surface area (Å²) in [5.41, 5.74) is 4.46. The van der Waals surface area contributed by atoms with Crippen molar-refractivity contribution in [2.45, 2.75) is 32.6 Å². The average Bonchev–Trinajstić information content (AvgIpc) is 3.00. The van der Waals surface area contributed by atoms with Gasteiger partial charge in [-0.05, 0) is 86.7 Å². The predicted molar refractivity (Wildman–Crippen MR) is 101 cm³/mol. The van der Waals surface area contributed by atoms with E-state index in [4.69, 9.17) is 4.42 Å². The van der Waals surface area contributed by atoms with Crippen molar-refractivity contribution in [2.24, 2.45) is 0 Å². The van der Waals surface area contributed by atoms with Gasteiger partial charge in [-0.1, -0.05) is 0 Å². The maximum absolute atomic E-state index is 13.3. The average molecular weight is 351 g/mol. The highest BCUT2D eigenvalue weighted by atomic mass is 19.1. The first-order valence-electron chi connectivity index (χ1n) is 9.09. The molecule has 0 spiro atoms. The van der Waals surface area contributed by atoms with Crippen LogP contribution in [0.25, 0.3) is 22.3 Å². The first-order chi connectivity index (χ1) is 12.5. The van der Waals surface area contributed by atoms with Crippen molar-refractivity contribution < 1.29 is 13.6 Å². The Balaban J connectivity index is 1.90. The number of hydrogen-bond acceptors (Lipinski definition) is 3. The minimum Gasteiger partial charge on any atom is -0.455 e. The van der Waals surface area contributed by atoms with Gasteiger partial charge in [0.25, 0.3) is 0 Å². The number of benzene rings is 2. The first kappa shape index (κ1) is 17.0. The molecule has 1 aliphatic heterocycles. The molecule has 1 atom stereocenters. The lowest BCUT2D eigenvalue weighted by molar-refractivity contribution is 0.101. The smallest absolute Gasteiger partial charge is 0.164 e. The van der Waals surface area contributed by atoms with Crippen molar-refractivity contribution in [3.05, 3.63) is 58.9 Å². The van der Waals surface area contributed by atoms with E-state index in [1.165, 1.54) is 23.3 Å². The van der Waals surface area contributed by atoms with Crippen molar-refractivity contribution in [1.29, 1.82) is 0 Å². The maximum atomic E-state index is 13.3. The minimum absolute atomic E-state index is 0.0420. The van der Waals surface area contributed by atoms with E-state index in [-0.39, 0.29) is 11.6 Å². The number of aryl methyl sites for hydroxylation is 1. The zero-order valence-electron chi connectivity index (χ0n) is 15.1. The summed E-state index contributed by atoms with van der Waals surface area (Å²) in [6.07, 6.45) is 2.31. The van der Waals surface area contributed by atoms with E-state index in [2.05, 4.69) is 18.3 Å². The Morgan fingerprint density at radius 3 is 2.65 bits per heavy atom. The number of furan rings is 1. The number of piperidine rings is 1. The molecular weight excluding hydrogens is 329 g/mol. The van der Waals surface area contributed by atoms with Crippen LogP contribution in [0.1, 0.15) is 47.2 Å². The lowest BCUT2D eigenvalue weighted by Gasteiger charge is -2.24. The molecule has 2 aromatic carbocycles. The Labute approximate surface area is 152 Å². The highest BCUT2D eigenvalue weighted by Gasteiger charge is 2.23. The molecule has 4 rings (SSSR count). The van der Waals surface area contributed by atoms with Crippen LogP contribution >= 0.6 is 0 Å². The second-order valence-corrected chi connectivity index (χ2v) is 7.12. The van der Waals surface area contributed by atoms with E-state index in [0.29, 0.717) is 28.4 Å². The topological polar surface area (TPSA) is 42.2 Å². The zero-order chi connectivity index (χ0) is 18.3. The van der Waals surface area contributed by atoms with Crippen LogP contribution in [0.4, 0.5) is 4.39 Å². The van der Waals surface area contributed by atoms with Gasteiger partial charge in [-0.3, -0.25) is 4.79 Å². The highest BCUT2D eigenvalue weighted by Crippen LogP contribution is 2.37. The van der Waals surface area contributed by atoms with Gasteiger partial charge in [-0.25, -0.2) is 4.39 Å². The SMILES string of the molecule is CC(=O)c1c(-c2ccc(F)cc2)oc2cc(C)c([C@@H]3CCCNC3)cc12. The Morgan fingerprint density at radius 2 is 2.00 bits per heavy atom. The predicted octanol–water partition coefficient (Wildman–Crippen LogP) is 5.22. The summed E-state index contributed by atoms with van der Waals surface area (Å²) in [7, 11) is 0. The fourth-order valence-electron chi connectivity index (χ4n) is 3.97. The van der Waals surface area contributed by atoms with Gasteiger partial charge in [0.2, 0.25) is 0 Å². The maximum Gasteiger partial charge on any atom is 0.164 e. The van der Waals surface area contributed by atoms with E-state index in [1.807, 2.05) is 6.07 Å². The summed E-state index contributed by atoms with van der Waals surface area (Å²) in [6.45, 7) is 5.68. The summed E-state index contributed by atoms with van der Waals surface area (Å²) in [6, 6.07) is 10.2. The number of rotatable bonds is 3. The molecule has 1 fully saturated rings. The second-order valence-electron chi connectivity index (χ2n) is 7.12. The van der Waals surface area contributed by atoms with Crippen LogP contribution in [0.2, 0.25) is 0 Å². The number of halogens is 1. The van der Waals surface area contributed by atoms with Crippen molar-refractivity contribution in [1.82, 2.24) is 5.32 Å². The fraction of sp³-hybridized carbons (Fsp3) is 0.318. The third kappa shape index (κ3) is 2.95. The second kappa shape index (κ2) is 6.69. The Hall–Kier alpha value is -2.46. The molecule has 26 heavy (non-hydrogen) atoms. The number of Topliss-reactive ketones (excluding diaryl/α,β-unsaturated/α-hetero) is 1.